The lowest BCUT2D eigenvalue weighted by Gasteiger charge is -2.16. The van der Waals surface area contributed by atoms with Crippen molar-refractivity contribution in [2.24, 2.45) is 0 Å². The van der Waals surface area contributed by atoms with Gasteiger partial charge in [-0.05, 0) is 56.5 Å². The Kier molecular flexibility index (Phi) is 5.71. The summed E-state index contributed by atoms with van der Waals surface area (Å²) in [5.41, 5.74) is 5.43. The van der Waals surface area contributed by atoms with E-state index in [4.69, 9.17) is 9.72 Å². The molecule has 0 unspecified atom stereocenters. The van der Waals surface area contributed by atoms with Crippen LogP contribution in [0.4, 0.5) is 5.69 Å². The number of nitrogens with one attached hydrogen (secondary N) is 1. The van der Waals surface area contributed by atoms with Crippen LogP contribution in [-0.2, 0) is 11.2 Å². The Morgan fingerprint density at radius 3 is 2.55 bits per heavy atom. The number of amides is 1. The summed E-state index contributed by atoms with van der Waals surface area (Å²) in [6, 6.07) is 19.5. The first kappa shape index (κ1) is 20.6. The summed E-state index contributed by atoms with van der Waals surface area (Å²) in [6.07, 6.45) is 0.134. The lowest BCUT2D eigenvalue weighted by atomic mass is 10.1. The average molecular weight is 415 g/mol. The fourth-order valence-corrected chi connectivity index (χ4v) is 3.70. The van der Waals surface area contributed by atoms with Gasteiger partial charge in [-0.15, -0.1) is 0 Å². The molecule has 4 aromatic rings. The van der Waals surface area contributed by atoms with Crippen molar-refractivity contribution in [3.05, 3.63) is 77.5 Å². The number of para-hydroxylation sites is 2. The molecule has 2 aromatic carbocycles. The van der Waals surface area contributed by atoms with Gasteiger partial charge < -0.3 is 10.1 Å². The Hall–Kier alpha value is -3.67. The van der Waals surface area contributed by atoms with Crippen molar-refractivity contribution in [3.63, 3.8) is 0 Å². The third-order valence-electron chi connectivity index (χ3n) is 5.31. The largest absolute Gasteiger partial charge is 0.464 e. The van der Waals surface area contributed by atoms with Gasteiger partial charge >= 0.3 is 0 Å². The summed E-state index contributed by atoms with van der Waals surface area (Å²) in [4.78, 5) is 17.4. The van der Waals surface area contributed by atoms with Crippen molar-refractivity contribution in [3.8, 4) is 11.6 Å². The number of pyridine rings is 1. The number of carbonyl (C=O) groups excluding carboxylic acids is 1. The Labute approximate surface area is 181 Å². The molecule has 1 atom stereocenters. The molecule has 0 aliphatic carbocycles. The molecule has 0 bridgehead atoms. The quantitative estimate of drug-likeness (QED) is 0.482. The second-order valence-electron chi connectivity index (χ2n) is 7.57. The standard InChI is InChI=1S/C25H26N4O2/c1-5-19-11-9-10-14-21(19)26-25(30)18(4)31-22-15-16(2)23-17(3)28-29(24(23)27-22)20-12-7-6-8-13-20/h6-15,18H,5H2,1-4H3,(H,26,30)/t18-/m1/s1. The van der Waals surface area contributed by atoms with Crippen LogP contribution < -0.4 is 10.1 Å². The van der Waals surface area contributed by atoms with Gasteiger partial charge in [0.05, 0.1) is 11.4 Å². The number of benzene rings is 2. The number of anilines is 1. The fraction of sp³-hybridized carbons (Fsp3) is 0.240. The molecule has 0 aliphatic rings. The molecule has 6 nitrogen and oxygen atoms in total. The van der Waals surface area contributed by atoms with Crippen LogP contribution in [0, 0.1) is 13.8 Å². The van der Waals surface area contributed by atoms with E-state index < -0.39 is 6.10 Å². The number of nitrogens with zero attached hydrogens (tertiary/aromatic N) is 3. The molecule has 1 N–H and O–H groups in total. The topological polar surface area (TPSA) is 69.0 Å². The van der Waals surface area contributed by atoms with E-state index in [-0.39, 0.29) is 5.91 Å². The van der Waals surface area contributed by atoms with E-state index >= 15 is 0 Å². The fourth-order valence-electron chi connectivity index (χ4n) is 3.70. The molecule has 6 heteroatoms. The second-order valence-corrected chi connectivity index (χ2v) is 7.57. The van der Waals surface area contributed by atoms with E-state index in [1.54, 1.807) is 6.92 Å². The van der Waals surface area contributed by atoms with Crippen molar-refractivity contribution < 1.29 is 9.53 Å². The third-order valence-corrected chi connectivity index (χ3v) is 5.31. The molecule has 2 aromatic heterocycles. The molecule has 2 heterocycles. The lowest BCUT2D eigenvalue weighted by molar-refractivity contribution is -0.122. The van der Waals surface area contributed by atoms with Crippen LogP contribution in [0.1, 0.15) is 30.7 Å². The highest BCUT2D eigenvalue weighted by molar-refractivity contribution is 5.94. The predicted octanol–water partition coefficient (Wildman–Crippen LogP) is 5.01. The molecule has 31 heavy (non-hydrogen) atoms. The molecule has 1 amide bonds. The minimum Gasteiger partial charge on any atom is -0.464 e. The molecule has 0 saturated heterocycles. The molecule has 158 valence electrons. The van der Waals surface area contributed by atoms with Gasteiger partial charge in [-0.2, -0.15) is 10.1 Å². The van der Waals surface area contributed by atoms with Gasteiger partial charge in [0.2, 0.25) is 5.88 Å². The number of ether oxygens (including phenoxy) is 1. The van der Waals surface area contributed by atoms with Crippen molar-refractivity contribution in [2.45, 2.75) is 40.2 Å². The average Bonchev–Trinajstić information content (AvgIpc) is 3.11. The predicted molar refractivity (Wildman–Crippen MR) is 123 cm³/mol. The van der Waals surface area contributed by atoms with Crippen LogP contribution in [0.15, 0.2) is 60.7 Å². The van der Waals surface area contributed by atoms with Gasteiger partial charge in [0.1, 0.15) is 0 Å². The first-order valence-electron chi connectivity index (χ1n) is 10.5. The summed E-state index contributed by atoms with van der Waals surface area (Å²) in [5, 5.41) is 8.63. The Morgan fingerprint density at radius 2 is 1.81 bits per heavy atom. The van der Waals surface area contributed by atoms with E-state index in [1.165, 1.54) is 0 Å². The number of hydrogen-bond acceptors (Lipinski definition) is 4. The van der Waals surface area contributed by atoms with Crippen LogP contribution in [-0.4, -0.2) is 26.8 Å². The van der Waals surface area contributed by atoms with E-state index in [1.807, 2.05) is 79.2 Å². The van der Waals surface area contributed by atoms with Crippen LogP contribution in [0.5, 0.6) is 5.88 Å². The van der Waals surface area contributed by atoms with Crippen molar-refractivity contribution >= 4 is 22.6 Å². The highest BCUT2D eigenvalue weighted by Crippen LogP contribution is 2.27. The molecule has 0 radical (unpaired) electrons. The Bertz CT molecular complexity index is 1230. The Balaban J connectivity index is 1.62. The van der Waals surface area contributed by atoms with E-state index in [2.05, 4.69) is 17.3 Å². The zero-order chi connectivity index (χ0) is 22.0. The van der Waals surface area contributed by atoms with Gasteiger partial charge in [-0.25, -0.2) is 4.68 Å². The SMILES string of the molecule is CCc1ccccc1NC(=O)[C@@H](C)Oc1cc(C)c2c(C)nn(-c3ccccc3)c2n1. The number of hydrogen-bond donors (Lipinski definition) is 1. The summed E-state index contributed by atoms with van der Waals surface area (Å²) in [7, 11) is 0. The highest BCUT2D eigenvalue weighted by Gasteiger charge is 2.19. The maximum atomic E-state index is 12.7. The lowest BCUT2D eigenvalue weighted by Crippen LogP contribution is -2.30. The zero-order valence-electron chi connectivity index (χ0n) is 18.2. The summed E-state index contributed by atoms with van der Waals surface area (Å²) < 4.78 is 7.76. The monoisotopic (exact) mass is 414 g/mol. The van der Waals surface area contributed by atoms with Crippen LogP contribution in [0.3, 0.4) is 0 Å². The minimum absolute atomic E-state index is 0.215. The Morgan fingerprint density at radius 1 is 1.10 bits per heavy atom. The number of fused-ring (bicyclic) bond motifs is 1. The van der Waals surface area contributed by atoms with E-state index in [0.717, 1.165) is 40.0 Å². The number of aryl methyl sites for hydroxylation is 3. The minimum atomic E-state index is -0.705. The first-order valence-corrected chi connectivity index (χ1v) is 10.5. The smallest absolute Gasteiger partial charge is 0.265 e. The van der Waals surface area contributed by atoms with Crippen LogP contribution >= 0.6 is 0 Å². The van der Waals surface area contributed by atoms with Gasteiger partial charge in [-0.1, -0.05) is 43.3 Å². The summed E-state index contributed by atoms with van der Waals surface area (Å²) in [5.74, 6) is 0.182. The van der Waals surface area contributed by atoms with Gasteiger partial charge in [0.15, 0.2) is 11.8 Å². The maximum absolute atomic E-state index is 12.7. The molecular formula is C25H26N4O2. The normalized spacial score (nSPS) is 12.0. The number of carbonyl (C=O) groups is 1. The van der Waals surface area contributed by atoms with Gasteiger partial charge in [-0.3, -0.25) is 4.79 Å². The van der Waals surface area contributed by atoms with E-state index in [9.17, 15) is 4.79 Å². The van der Waals surface area contributed by atoms with Gasteiger partial charge in [0.25, 0.3) is 5.91 Å². The molecule has 4 rings (SSSR count). The summed E-state index contributed by atoms with van der Waals surface area (Å²) in [6.45, 7) is 7.76. The van der Waals surface area contributed by atoms with Crippen molar-refractivity contribution in [1.82, 2.24) is 14.8 Å². The highest BCUT2D eigenvalue weighted by atomic mass is 16.5. The summed E-state index contributed by atoms with van der Waals surface area (Å²) >= 11 is 0. The molecule has 0 spiro atoms. The van der Waals surface area contributed by atoms with Gasteiger partial charge in [0, 0.05) is 17.1 Å². The van der Waals surface area contributed by atoms with Crippen molar-refractivity contribution in [2.75, 3.05) is 5.32 Å². The van der Waals surface area contributed by atoms with E-state index in [0.29, 0.717) is 11.5 Å². The third kappa shape index (κ3) is 4.14. The number of aromatic nitrogens is 3. The van der Waals surface area contributed by atoms with Crippen LogP contribution in [0.2, 0.25) is 0 Å². The second kappa shape index (κ2) is 8.60. The first-order chi connectivity index (χ1) is 15.0. The zero-order valence-corrected chi connectivity index (χ0v) is 18.2. The molecular weight excluding hydrogens is 388 g/mol. The number of rotatable bonds is 6. The molecule has 0 fully saturated rings. The molecule has 0 aliphatic heterocycles. The molecule has 0 saturated carbocycles. The maximum Gasteiger partial charge on any atom is 0.265 e. The van der Waals surface area contributed by atoms with Crippen molar-refractivity contribution in [1.29, 1.82) is 0 Å². The van der Waals surface area contributed by atoms with Crippen LogP contribution in [0.25, 0.3) is 16.7 Å².